The molecule has 5 heteroatoms. The monoisotopic (exact) mass is 214 g/mol. The molecule has 1 N–H and O–H groups in total. The van der Waals surface area contributed by atoms with E-state index in [1.165, 1.54) is 0 Å². The summed E-state index contributed by atoms with van der Waals surface area (Å²) in [5, 5.41) is 12.1. The maximum absolute atomic E-state index is 11.6. The van der Waals surface area contributed by atoms with Gasteiger partial charge in [0.25, 0.3) is 0 Å². The van der Waals surface area contributed by atoms with E-state index in [4.69, 9.17) is 5.11 Å². The summed E-state index contributed by atoms with van der Waals surface area (Å²) in [7, 11) is 0. The van der Waals surface area contributed by atoms with Gasteiger partial charge < -0.3 is 5.11 Å². The minimum atomic E-state index is -0.822. The molecule has 0 bridgehead atoms. The van der Waals surface area contributed by atoms with Gasteiger partial charge in [-0.25, -0.2) is 5.01 Å². The zero-order valence-corrected chi connectivity index (χ0v) is 9.27. The Bertz CT molecular complexity index is 253. The Morgan fingerprint density at radius 3 is 2.73 bits per heavy atom. The molecule has 0 aromatic heterocycles. The standard InChI is InChI=1S/C10H18N2O3/c1-8(2)12-9(13)4-3-6-11(12)7-5-10(14)15/h8H,3-7H2,1-2H3,(H,14,15). The number of carbonyl (C=O) groups is 2. The first-order chi connectivity index (χ1) is 7.02. The summed E-state index contributed by atoms with van der Waals surface area (Å²) >= 11 is 0. The number of hydrazine groups is 1. The Balaban J connectivity index is 2.58. The van der Waals surface area contributed by atoms with E-state index in [0.29, 0.717) is 13.0 Å². The topological polar surface area (TPSA) is 60.9 Å². The fraction of sp³-hybridized carbons (Fsp3) is 0.800. The molecule has 1 rings (SSSR count). The quantitative estimate of drug-likeness (QED) is 0.748. The fourth-order valence-corrected chi connectivity index (χ4v) is 1.85. The lowest BCUT2D eigenvalue weighted by molar-refractivity contribution is -0.162. The Morgan fingerprint density at radius 1 is 1.53 bits per heavy atom. The molecule has 1 saturated heterocycles. The zero-order chi connectivity index (χ0) is 11.4. The minimum Gasteiger partial charge on any atom is -0.481 e. The van der Waals surface area contributed by atoms with E-state index in [1.54, 1.807) is 5.01 Å². The highest BCUT2D eigenvalue weighted by molar-refractivity contribution is 5.76. The largest absolute Gasteiger partial charge is 0.481 e. The van der Waals surface area contributed by atoms with Gasteiger partial charge in [-0.15, -0.1) is 0 Å². The number of carbonyl (C=O) groups excluding carboxylic acids is 1. The van der Waals surface area contributed by atoms with Crippen molar-refractivity contribution >= 4 is 11.9 Å². The van der Waals surface area contributed by atoms with Crippen LogP contribution in [-0.2, 0) is 9.59 Å². The van der Waals surface area contributed by atoms with E-state index in [0.717, 1.165) is 13.0 Å². The van der Waals surface area contributed by atoms with E-state index >= 15 is 0 Å². The van der Waals surface area contributed by atoms with Crippen LogP contribution >= 0.6 is 0 Å². The number of rotatable bonds is 4. The molecule has 0 aromatic rings. The number of nitrogens with zero attached hydrogens (tertiary/aromatic N) is 2. The second-order valence-corrected chi connectivity index (χ2v) is 4.03. The Hall–Kier alpha value is -1.10. The summed E-state index contributed by atoms with van der Waals surface area (Å²) in [5.41, 5.74) is 0. The highest BCUT2D eigenvalue weighted by atomic mass is 16.4. The second kappa shape index (κ2) is 5.11. The van der Waals surface area contributed by atoms with Crippen LogP contribution < -0.4 is 0 Å². The van der Waals surface area contributed by atoms with Crippen LogP contribution in [0.1, 0.15) is 33.1 Å². The summed E-state index contributed by atoms with van der Waals surface area (Å²) in [6.45, 7) is 5.07. The van der Waals surface area contributed by atoms with Crippen molar-refractivity contribution in [1.82, 2.24) is 10.0 Å². The van der Waals surface area contributed by atoms with E-state index in [9.17, 15) is 9.59 Å². The number of carboxylic acids is 1. The van der Waals surface area contributed by atoms with E-state index in [-0.39, 0.29) is 18.4 Å². The molecular weight excluding hydrogens is 196 g/mol. The fourth-order valence-electron chi connectivity index (χ4n) is 1.85. The van der Waals surface area contributed by atoms with Gasteiger partial charge in [-0.05, 0) is 20.3 Å². The lowest BCUT2D eigenvalue weighted by atomic mass is 10.2. The van der Waals surface area contributed by atoms with E-state index < -0.39 is 5.97 Å². The molecule has 1 aliphatic rings. The van der Waals surface area contributed by atoms with Crippen LogP contribution in [0.15, 0.2) is 0 Å². The predicted octanol–water partition coefficient (Wildman–Crippen LogP) is 0.709. The lowest BCUT2D eigenvalue weighted by Crippen LogP contribution is -2.54. The van der Waals surface area contributed by atoms with Gasteiger partial charge in [0.1, 0.15) is 0 Å². The van der Waals surface area contributed by atoms with Crippen LogP contribution in [0.2, 0.25) is 0 Å². The highest BCUT2D eigenvalue weighted by Crippen LogP contribution is 2.15. The van der Waals surface area contributed by atoms with Crippen molar-refractivity contribution in [2.75, 3.05) is 13.1 Å². The van der Waals surface area contributed by atoms with Crippen molar-refractivity contribution in [1.29, 1.82) is 0 Å². The molecule has 0 radical (unpaired) electrons. The van der Waals surface area contributed by atoms with Crippen molar-refractivity contribution in [3.63, 3.8) is 0 Å². The molecule has 0 unspecified atom stereocenters. The summed E-state index contributed by atoms with van der Waals surface area (Å²) in [5.74, 6) is -0.724. The number of hydrogen-bond acceptors (Lipinski definition) is 3. The number of aliphatic carboxylic acids is 1. The smallest absolute Gasteiger partial charge is 0.304 e. The Labute approximate surface area is 89.6 Å². The average Bonchev–Trinajstić information content (AvgIpc) is 2.13. The van der Waals surface area contributed by atoms with Crippen LogP contribution in [0.5, 0.6) is 0 Å². The van der Waals surface area contributed by atoms with Crippen molar-refractivity contribution in [3.8, 4) is 0 Å². The van der Waals surface area contributed by atoms with Crippen molar-refractivity contribution < 1.29 is 14.7 Å². The van der Waals surface area contributed by atoms with Crippen molar-refractivity contribution in [2.24, 2.45) is 0 Å². The first-order valence-corrected chi connectivity index (χ1v) is 5.31. The molecule has 0 atom stereocenters. The van der Waals surface area contributed by atoms with Crippen LogP contribution in [0.3, 0.4) is 0 Å². The van der Waals surface area contributed by atoms with Crippen molar-refractivity contribution in [3.05, 3.63) is 0 Å². The third-order valence-electron chi connectivity index (χ3n) is 2.44. The molecule has 1 fully saturated rings. The number of carboxylic acid groups (broad SMARTS) is 1. The first kappa shape index (κ1) is 12.0. The lowest BCUT2D eigenvalue weighted by Gasteiger charge is -2.41. The summed E-state index contributed by atoms with van der Waals surface area (Å²) in [4.78, 5) is 22.1. The number of amides is 1. The van der Waals surface area contributed by atoms with Crippen LogP contribution in [0.25, 0.3) is 0 Å². The SMILES string of the molecule is CC(C)N1C(=O)CCCN1CCC(=O)O. The van der Waals surface area contributed by atoms with Crippen LogP contribution in [0.4, 0.5) is 0 Å². The van der Waals surface area contributed by atoms with Crippen LogP contribution in [0, 0.1) is 0 Å². The molecule has 1 aliphatic heterocycles. The van der Waals surface area contributed by atoms with Gasteiger partial charge >= 0.3 is 5.97 Å². The minimum absolute atomic E-state index is 0.0799. The summed E-state index contributed by atoms with van der Waals surface area (Å²) < 4.78 is 0. The maximum Gasteiger partial charge on any atom is 0.304 e. The first-order valence-electron chi connectivity index (χ1n) is 5.31. The van der Waals surface area contributed by atoms with Gasteiger partial charge in [0.15, 0.2) is 0 Å². The molecule has 86 valence electrons. The third kappa shape index (κ3) is 3.20. The molecule has 0 spiro atoms. The van der Waals surface area contributed by atoms with E-state index in [1.807, 2.05) is 18.9 Å². The Morgan fingerprint density at radius 2 is 2.20 bits per heavy atom. The molecule has 1 heterocycles. The molecule has 0 aliphatic carbocycles. The molecule has 1 amide bonds. The molecule has 15 heavy (non-hydrogen) atoms. The maximum atomic E-state index is 11.6. The molecule has 0 aromatic carbocycles. The summed E-state index contributed by atoms with van der Waals surface area (Å²) in [6.07, 6.45) is 1.47. The molecule has 5 nitrogen and oxygen atoms in total. The van der Waals surface area contributed by atoms with Crippen LogP contribution in [-0.4, -0.2) is 46.1 Å². The third-order valence-corrected chi connectivity index (χ3v) is 2.44. The predicted molar refractivity (Wildman–Crippen MR) is 55.0 cm³/mol. The summed E-state index contributed by atoms with van der Waals surface area (Å²) in [6, 6.07) is 0.103. The van der Waals surface area contributed by atoms with Crippen molar-refractivity contribution in [2.45, 2.75) is 39.2 Å². The van der Waals surface area contributed by atoms with E-state index in [2.05, 4.69) is 0 Å². The highest BCUT2D eigenvalue weighted by Gasteiger charge is 2.27. The van der Waals surface area contributed by atoms with Gasteiger partial charge in [0, 0.05) is 25.6 Å². The molecule has 0 saturated carbocycles. The van der Waals surface area contributed by atoms with Gasteiger partial charge in [-0.1, -0.05) is 0 Å². The van der Waals surface area contributed by atoms with Gasteiger partial charge in [0.05, 0.1) is 6.42 Å². The Kier molecular flexibility index (Phi) is 4.08. The van der Waals surface area contributed by atoms with Gasteiger partial charge in [-0.3, -0.25) is 14.6 Å². The van der Waals surface area contributed by atoms with Gasteiger partial charge in [0.2, 0.25) is 5.91 Å². The normalized spacial score (nSPS) is 18.6. The average molecular weight is 214 g/mol. The zero-order valence-electron chi connectivity index (χ0n) is 9.27. The number of hydrogen-bond donors (Lipinski definition) is 1. The second-order valence-electron chi connectivity index (χ2n) is 4.03. The molecular formula is C10H18N2O3. The van der Waals surface area contributed by atoms with Gasteiger partial charge in [-0.2, -0.15) is 0 Å².